The molecule has 55 heavy (non-hydrogen) atoms. The molecule has 1 aromatic rings. The lowest BCUT2D eigenvalue weighted by Crippen LogP contribution is -2.64. The number of anilines is 1. The average molecular weight is 863 g/mol. The van der Waals surface area contributed by atoms with Crippen molar-refractivity contribution in [3.05, 3.63) is 23.8 Å². The first kappa shape index (κ1) is 53.9. The van der Waals surface area contributed by atoms with E-state index in [-0.39, 0.29) is 110 Å². The maximum absolute atomic E-state index is 13.8. The normalized spacial score (nSPS) is 19.4. The van der Waals surface area contributed by atoms with Gasteiger partial charge in [0.25, 0.3) is 11.8 Å². The number of methoxy groups -OCH3 is 1. The summed E-state index contributed by atoms with van der Waals surface area (Å²) in [5.41, 5.74) is 23.2. The van der Waals surface area contributed by atoms with Crippen LogP contribution in [0.4, 0.5) is 5.69 Å². The summed E-state index contributed by atoms with van der Waals surface area (Å²) >= 11 is 0. The molecule has 2 aliphatic rings. The van der Waals surface area contributed by atoms with Crippen molar-refractivity contribution < 1.29 is 33.5 Å². The summed E-state index contributed by atoms with van der Waals surface area (Å²) in [6.07, 6.45) is 3.19. The van der Waals surface area contributed by atoms with Crippen molar-refractivity contribution in [2.75, 3.05) is 38.6 Å². The van der Waals surface area contributed by atoms with E-state index in [0.717, 1.165) is 0 Å². The van der Waals surface area contributed by atoms with Gasteiger partial charge in [-0.3, -0.25) is 44.5 Å². The number of carbonyl (C=O) groups is 6. The molecule has 2 saturated heterocycles. The zero-order valence-corrected chi connectivity index (χ0v) is 35.2. The number of unbranched alkanes of at least 4 members (excludes halogenated alkanes) is 1. The number of hydrogen-bond acceptors (Lipinski definition) is 11. The number of carbonyl (C=O) groups excluding carboxylic acids is 6. The summed E-state index contributed by atoms with van der Waals surface area (Å²) in [6, 6.07) is 0.761. The molecule has 0 radical (unpaired) electrons. The van der Waals surface area contributed by atoms with Crippen molar-refractivity contribution in [3.63, 3.8) is 0 Å². The minimum absolute atomic E-state index is 0. The van der Waals surface area contributed by atoms with Crippen LogP contribution in [0.5, 0.6) is 5.75 Å². The Bertz CT molecular complexity index is 1430. The van der Waals surface area contributed by atoms with Crippen molar-refractivity contribution in [2.24, 2.45) is 23.1 Å². The van der Waals surface area contributed by atoms with E-state index in [0.29, 0.717) is 57.4 Å². The van der Waals surface area contributed by atoms with Gasteiger partial charge in [0.05, 0.1) is 24.8 Å². The zero-order valence-electron chi connectivity index (χ0n) is 32.0. The molecule has 0 aromatic heterocycles. The van der Waals surface area contributed by atoms with Crippen molar-refractivity contribution in [1.82, 2.24) is 31.3 Å². The Kier molecular flexibility index (Phi) is 25.4. The van der Waals surface area contributed by atoms with Crippen LogP contribution in [0.25, 0.3) is 0 Å². The van der Waals surface area contributed by atoms with Crippen LogP contribution in [0.2, 0.25) is 0 Å². The number of amides is 6. The van der Waals surface area contributed by atoms with E-state index in [4.69, 9.17) is 21.9 Å². The van der Waals surface area contributed by atoms with Gasteiger partial charge in [-0.1, -0.05) is 13.8 Å². The molecule has 1 aromatic carbocycles. The van der Waals surface area contributed by atoms with Crippen LogP contribution < -0.4 is 48.7 Å². The average Bonchev–Trinajstić information content (AvgIpc) is 3.58. The van der Waals surface area contributed by atoms with Gasteiger partial charge in [-0.05, 0) is 82.7 Å². The molecule has 2 aliphatic heterocycles. The number of nitrogens with two attached hydrogens (primary N) is 3. The molecule has 6 amide bonds. The highest BCUT2D eigenvalue weighted by Crippen LogP contribution is 2.27. The number of rotatable bonds is 15. The number of ether oxygens (including phenoxy) is 1. The maximum atomic E-state index is 13.8. The molecule has 0 spiro atoms. The second kappa shape index (κ2) is 25.9. The third kappa shape index (κ3) is 15.4. The summed E-state index contributed by atoms with van der Waals surface area (Å²) in [4.78, 5) is 81.5. The number of nitrogens with zero attached hydrogens (tertiary/aromatic N) is 2. The Hall–Kier alpha value is -3.16. The molecular weight excluding hydrogens is 802 g/mol. The van der Waals surface area contributed by atoms with Crippen molar-refractivity contribution in [3.8, 4) is 5.75 Å². The summed E-state index contributed by atoms with van der Waals surface area (Å²) in [6.45, 7) is 8.27. The van der Waals surface area contributed by atoms with E-state index in [2.05, 4.69) is 26.8 Å². The number of piperidine rings is 1. The van der Waals surface area contributed by atoms with Gasteiger partial charge >= 0.3 is 0 Å². The van der Waals surface area contributed by atoms with Crippen molar-refractivity contribution >= 4 is 90.8 Å². The highest BCUT2D eigenvalue weighted by atomic mass is 35.5. The Balaban J connectivity index is 0. The third-order valence-electron chi connectivity index (χ3n) is 9.26. The van der Waals surface area contributed by atoms with Gasteiger partial charge in [0.2, 0.25) is 23.6 Å². The minimum Gasteiger partial charge on any atom is -0.496 e. The lowest BCUT2D eigenvalue weighted by Gasteiger charge is -2.44. The van der Waals surface area contributed by atoms with Crippen LogP contribution in [0.1, 0.15) is 76.6 Å². The smallest absolute Gasteiger partial charge is 0.273 e. The second-order valence-electron chi connectivity index (χ2n) is 13.6. The van der Waals surface area contributed by atoms with Crippen LogP contribution in [0.3, 0.4) is 0 Å². The molecule has 316 valence electrons. The largest absolute Gasteiger partial charge is 0.496 e. The van der Waals surface area contributed by atoms with E-state index in [1.807, 2.05) is 18.7 Å². The molecule has 0 unspecified atom stereocenters. The molecule has 2 fully saturated rings. The second-order valence-corrected chi connectivity index (χ2v) is 13.6. The van der Waals surface area contributed by atoms with Gasteiger partial charge in [-0.15, -0.1) is 49.6 Å². The molecular formula is C34H60Cl4N10O7. The molecule has 17 nitrogen and oxygen atoms in total. The molecule has 6 atom stereocenters. The van der Waals surface area contributed by atoms with Gasteiger partial charge in [-0.2, -0.15) is 0 Å². The Morgan fingerprint density at radius 1 is 0.927 bits per heavy atom. The Morgan fingerprint density at radius 2 is 1.60 bits per heavy atom. The van der Waals surface area contributed by atoms with Gasteiger partial charge in [0, 0.05) is 37.8 Å². The number of hydrazine groups is 1. The highest BCUT2D eigenvalue weighted by molar-refractivity contribution is 6.00. The molecule has 0 aliphatic carbocycles. The lowest BCUT2D eigenvalue weighted by molar-refractivity contribution is -0.140. The monoisotopic (exact) mass is 860 g/mol. The maximum Gasteiger partial charge on any atom is 0.273 e. The fraction of sp³-hybridized carbons (Fsp3) is 0.647. The van der Waals surface area contributed by atoms with E-state index >= 15 is 0 Å². The Morgan fingerprint density at radius 3 is 2.18 bits per heavy atom. The fourth-order valence-electron chi connectivity index (χ4n) is 6.43. The predicted octanol–water partition coefficient (Wildman–Crippen LogP) is 0.596. The SMILES string of the molecule is COc1ccc(NC(C)=O)cc1C(=O)NNC(=O)[C@H](CCCCN)NC(=O)[C@@H]1CCCN1[C@@H]1CN(C(=O)[C@@H](NC(=O)[C@H](C)N)C(C)C)CC[C@H]1N.Cl.Cl.Cl.Cl. The van der Waals surface area contributed by atoms with Crippen molar-refractivity contribution in [1.29, 1.82) is 0 Å². The van der Waals surface area contributed by atoms with Crippen LogP contribution in [-0.2, 0) is 24.0 Å². The first-order chi connectivity index (χ1) is 24.2. The van der Waals surface area contributed by atoms with Crippen LogP contribution in [0.15, 0.2) is 18.2 Å². The van der Waals surface area contributed by atoms with E-state index in [1.165, 1.54) is 26.2 Å². The number of halogens is 4. The summed E-state index contributed by atoms with van der Waals surface area (Å²) in [5, 5.41) is 8.25. The van der Waals surface area contributed by atoms with Gasteiger partial charge in [0.15, 0.2) is 0 Å². The standard InChI is InChI=1S/C34H56N10O7.4ClH/c1-19(2)29(40-30(46)20(3)36)34(50)43-16-13-24(37)27(18-43)44-15-8-10-26(44)33(49)39-25(9-6-7-14-35)32(48)42-41-31(47)23-17-22(38-21(4)45)11-12-28(23)51-5;;;;/h11-12,17,19-20,24-27,29H,6-10,13-16,18,35-37H2,1-5H3,(H,38,45)(H,39,49)(H,40,46)(H,41,47)(H,42,48);4*1H/t20-,24+,25-,26-,27+,29-;;;;/m0..../s1. The highest BCUT2D eigenvalue weighted by Gasteiger charge is 2.43. The number of likely N-dealkylation sites (tertiary alicyclic amines) is 2. The third-order valence-corrected chi connectivity index (χ3v) is 9.26. The first-order valence-corrected chi connectivity index (χ1v) is 17.6. The summed E-state index contributed by atoms with van der Waals surface area (Å²) in [5.74, 6) is -2.60. The number of benzene rings is 1. The number of hydrogen-bond donors (Lipinski definition) is 8. The van der Waals surface area contributed by atoms with Crippen LogP contribution in [-0.4, -0.2) is 115 Å². The first-order valence-electron chi connectivity index (χ1n) is 17.6. The van der Waals surface area contributed by atoms with Crippen molar-refractivity contribution in [2.45, 2.75) is 102 Å². The van der Waals surface area contributed by atoms with Gasteiger partial charge in [-0.25, -0.2) is 0 Å². The van der Waals surface area contributed by atoms with Gasteiger partial charge in [0.1, 0.15) is 17.8 Å². The Labute approximate surface area is 348 Å². The molecule has 0 bridgehead atoms. The topological polar surface area (TPSA) is 256 Å². The van der Waals surface area contributed by atoms with E-state index in [1.54, 1.807) is 17.9 Å². The van der Waals surface area contributed by atoms with Crippen LogP contribution >= 0.6 is 49.6 Å². The van der Waals surface area contributed by atoms with Crippen LogP contribution in [0, 0.1) is 5.92 Å². The lowest BCUT2D eigenvalue weighted by atomic mass is 9.95. The molecule has 0 saturated carbocycles. The molecule has 3 rings (SSSR count). The van der Waals surface area contributed by atoms with E-state index in [9.17, 15) is 28.8 Å². The molecule has 2 heterocycles. The zero-order chi connectivity index (χ0) is 37.8. The molecule has 21 heteroatoms. The van der Waals surface area contributed by atoms with E-state index < -0.39 is 41.9 Å². The quantitative estimate of drug-likeness (QED) is 0.0895. The molecule has 11 N–H and O–H groups in total. The minimum atomic E-state index is -0.988. The summed E-state index contributed by atoms with van der Waals surface area (Å²) in [7, 11) is 1.39. The fourth-order valence-corrected chi connectivity index (χ4v) is 6.43. The van der Waals surface area contributed by atoms with Gasteiger partial charge < -0.3 is 42.8 Å². The number of nitrogens with one attached hydrogen (secondary N) is 5. The predicted molar refractivity (Wildman–Crippen MR) is 220 cm³/mol. The summed E-state index contributed by atoms with van der Waals surface area (Å²) < 4.78 is 5.28.